The SMILES string of the molecule is O=C(c1ccoc1)N1CCC2(CCOC[C@@H]2COc2cnccn2)CC1. The Hall–Kier alpha value is -2.41. The highest BCUT2D eigenvalue weighted by atomic mass is 16.5. The number of likely N-dealkylation sites (tertiary alicyclic amines) is 1. The number of amides is 1. The van der Waals surface area contributed by atoms with Crippen LogP contribution in [0.15, 0.2) is 41.6 Å². The van der Waals surface area contributed by atoms with Gasteiger partial charge in [0.05, 0.1) is 31.2 Å². The van der Waals surface area contributed by atoms with E-state index in [1.54, 1.807) is 24.7 Å². The normalized spacial score (nSPS) is 22.3. The van der Waals surface area contributed by atoms with Gasteiger partial charge in [0.1, 0.15) is 6.26 Å². The van der Waals surface area contributed by atoms with Crippen LogP contribution in [0.1, 0.15) is 29.6 Å². The van der Waals surface area contributed by atoms with E-state index in [0.29, 0.717) is 30.6 Å². The molecule has 0 N–H and O–H groups in total. The maximum absolute atomic E-state index is 12.5. The molecular formula is C19H23N3O4. The fraction of sp³-hybridized carbons (Fsp3) is 0.526. The first kappa shape index (κ1) is 17.0. The van der Waals surface area contributed by atoms with E-state index < -0.39 is 0 Å². The zero-order valence-electron chi connectivity index (χ0n) is 14.7. The van der Waals surface area contributed by atoms with E-state index in [2.05, 4.69) is 9.97 Å². The first-order chi connectivity index (χ1) is 12.8. The number of ether oxygens (including phenoxy) is 2. The minimum absolute atomic E-state index is 0.0491. The number of rotatable bonds is 4. The summed E-state index contributed by atoms with van der Waals surface area (Å²) in [6, 6.07) is 1.72. The Morgan fingerprint density at radius 2 is 2.19 bits per heavy atom. The minimum Gasteiger partial charge on any atom is -0.476 e. The summed E-state index contributed by atoms with van der Waals surface area (Å²) in [5.41, 5.74) is 0.781. The summed E-state index contributed by atoms with van der Waals surface area (Å²) >= 11 is 0. The van der Waals surface area contributed by atoms with Gasteiger partial charge in [-0.05, 0) is 30.7 Å². The lowest BCUT2D eigenvalue weighted by atomic mass is 9.66. The van der Waals surface area contributed by atoms with Gasteiger partial charge in [-0.15, -0.1) is 0 Å². The molecule has 1 atom stereocenters. The van der Waals surface area contributed by atoms with Crippen LogP contribution in [-0.2, 0) is 4.74 Å². The van der Waals surface area contributed by atoms with Gasteiger partial charge in [-0.3, -0.25) is 9.78 Å². The number of carbonyl (C=O) groups excluding carboxylic acids is 1. The number of aromatic nitrogens is 2. The van der Waals surface area contributed by atoms with Crippen molar-refractivity contribution >= 4 is 5.91 Å². The first-order valence-electron chi connectivity index (χ1n) is 9.05. The van der Waals surface area contributed by atoms with Crippen LogP contribution in [0.3, 0.4) is 0 Å². The third-order valence-electron chi connectivity index (χ3n) is 5.72. The van der Waals surface area contributed by atoms with Crippen molar-refractivity contribution in [2.45, 2.75) is 19.3 Å². The van der Waals surface area contributed by atoms with Gasteiger partial charge >= 0.3 is 0 Å². The van der Waals surface area contributed by atoms with E-state index in [-0.39, 0.29) is 11.3 Å². The average Bonchev–Trinajstić information content (AvgIpc) is 3.23. The molecule has 7 heteroatoms. The summed E-state index contributed by atoms with van der Waals surface area (Å²) in [6.07, 6.45) is 10.9. The quantitative estimate of drug-likeness (QED) is 0.836. The molecule has 2 fully saturated rings. The van der Waals surface area contributed by atoms with Crippen molar-refractivity contribution < 1.29 is 18.7 Å². The zero-order chi connectivity index (χ0) is 17.8. The van der Waals surface area contributed by atoms with Crippen molar-refractivity contribution in [1.29, 1.82) is 0 Å². The smallest absolute Gasteiger partial charge is 0.257 e. The highest BCUT2D eigenvalue weighted by molar-refractivity contribution is 5.93. The second-order valence-electron chi connectivity index (χ2n) is 7.04. The molecule has 0 aliphatic carbocycles. The van der Waals surface area contributed by atoms with Crippen molar-refractivity contribution in [3.63, 3.8) is 0 Å². The summed E-state index contributed by atoms with van der Waals surface area (Å²) in [6.45, 7) is 3.54. The minimum atomic E-state index is 0.0491. The molecule has 4 rings (SSSR count). The molecule has 138 valence electrons. The van der Waals surface area contributed by atoms with Crippen molar-refractivity contribution in [3.8, 4) is 5.88 Å². The number of furan rings is 1. The fourth-order valence-electron chi connectivity index (χ4n) is 4.03. The van der Waals surface area contributed by atoms with Gasteiger partial charge in [0.25, 0.3) is 5.91 Å². The predicted molar refractivity (Wildman–Crippen MR) is 92.7 cm³/mol. The number of nitrogens with zero attached hydrogens (tertiary/aromatic N) is 3. The Balaban J connectivity index is 1.39. The van der Waals surface area contributed by atoms with Crippen LogP contribution in [0, 0.1) is 11.3 Å². The van der Waals surface area contributed by atoms with Crippen LogP contribution in [0.4, 0.5) is 0 Å². The summed E-state index contributed by atoms with van der Waals surface area (Å²) in [5.74, 6) is 0.887. The largest absolute Gasteiger partial charge is 0.476 e. The van der Waals surface area contributed by atoms with E-state index in [9.17, 15) is 4.79 Å². The second kappa shape index (κ2) is 7.45. The third kappa shape index (κ3) is 3.44. The second-order valence-corrected chi connectivity index (χ2v) is 7.04. The molecule has 1 spiro atoms. The lowest BCUT2D eigenvalue weighted by molar-refractivity contribution is -0.0826. The van der Waals surface area contributed by atoms with Crippen LogP contribution in [0.2, 0.25) is 0 Å². The molecular weight excluding hydrogens is 334 g/mol. The lowest BCUT2D eigenvalue weighted by Gasteiger charge is -2.48. The van der Waals surface area contributed by atoms with Crippen molar-refractivity contribution in [2.75, 3.05) is 32.9 Å². The Bertz CT molecular complexity index is 712. The summed E-state index contributed by atoms with van der Waals surface area (Å²) in [5, 5.41) is 0. The van der Waals surface area contributed by atoms with E-state index >= 15 is 0 Å². The zero-order valence-corrected chi connectivity index (χ0v) is 14.7. The molecule has 4 heterocycles. The Kier molecular flexibility index (Phi) is 4.88. The van der Waals surface area contributed by atoms with Gasteiger partial charge in [-0.2, -0.15) is 0 Å². The fourth-order valence-corrected chi connectivity index (χ4v) is 4.03. The molecule has 26 heavy (non-hydrogen) atoms. The van der Waals surface area contributed by atoms with Gasteiger partial charge in [0, 0.05) is 38.0 Å². The van der Waals surface area contributed by atoms with Gasteiger partial charge in [-0.25, -0.2) is 4.98 Å². The number of hydrogen-bond donors (Lipinski definition) is 0. The van der Waals surface area contributed by atoms with E-state index in [4.69, 9.17) is 13.9 Å². The number of piperidine rings is 1. The van der Waals surface area contributed by atoms with Crippen LogP contribution < -0.4 is 4.74 Å². The van der Waals surface area contributed by atoms with E-state index in [1.165, 1.54) is 12.5 Å². The van der Waals surface area contributed by atoms with Crippen LogP contribution in [0.25, 0.3) is 0 Å². The van der Waals surface area contributed by atoms with Crippen molar-refractivity contribution in [3.05, 3.63) is 42.7 Å². The molecule has 0 aromatic carbocycles. The Labute approximate surface area is 152 Å². The molecule has 0 saturated carbocycles. The monoisotopic (exact) mass is 357 g/mol. The molecule has 7 nitrogen and oxygen atoms in total. The molecule has 2 aromatic heterocycles. The Morgan fingerprint density at radius 3 is 2.92 bits per heavy atom. The number of hydrogen-bond acceptors (Lipinski definition) is 6. The summed E-state index contributed by atoms with van der Waals surface area (Å²) < 4.78 is 16.6. The standard InChI is InChI=1S/C19H23N3O4/c23-18(15-1-9-24-12-15)22-7-2-19(3-8-22)4-10-25-13-16(19)14-26-17-11-20-5-6-21-17/h1,5-6,9,11-12,16H,2-4,7-8,10,13-14H2/t16-/m1/s1. The molecule has 0 unspecified atom stereocenters. The predicted octanol–water partition coefficient (Wildman–Crippen LogP) is 2.41. The van der Waals surface area contributed by atoms with E-state index in [1.807, 2.05) is 4.90 Å². The maximum atomic E-state index is 12.5. The molecule has 2 aromatic rings. The van der Waals surface area contributed by atoms with Crippen LogP contribution in [-0.4, -0.2) is 53.7 Å². The lowest BCUT2D eigenvalue weighted by Crippen LogP contribution is -2.50. The molecule has 1 amide bonds. The molecule has 2 saturated heterocycles. The van der Waals surface area contributed by atoms with Gasteiger partial charge in [-0.1, -0.05) is 0 Å². The topological polar surface area (TPSA) is 77.7 Å². The van der Waals surface area contributed by atoms with Gasteiger partial charge in [0.15, 0.2) is 0 Å². The molecule has 0 radical (unpaired) electrons. The van der Waals surface area contributed by atoms with Gasteiger partial charge in [0.2, 0.25) is 5.88 Å². The number of carbonyl (C=O) groups is 1. The summed E-state index contributed by atoms with van der Waals surface area (Å²) in [7, 11) is 0. The van der Waals surface area contributed by atoms with Crippen LogP contribution >= 0.6 is 0 Å². The van der Waals surface area contributed by atoms with E-state index in [0.717, 1.165) is 39.0 Å². The summed E-state index contributed by atoms with van der Waals surface area (Å²) in [4.78, 5) is 22.7. The average molecular weight is 357 g/mol. The highest BCUT2D eigenvalue weighted by Gasteiger charge is 2.44. The molecule has 2 aliphatic rings. The van der Waals surface area contributed by atoms with Crippen molar-refractivity contribution in [2.24, 2.45) is 11.3 Å². The Morgan fingerprint density at radius 1 is 1.31 bits per heavy atom. The molecule has 2 aliphatic heterocycles. The first-order valence-corrected chi connectivity index (χ1v) is 9.05. The molecule has 0 bridgehead atoms. The van der Waals surface area contributed by atoms with Crippen molar-refractivity contribution in [1.82, 2.24) is 14.9 Å². The maximum Gasteiger partial charge on any atom is 0.257 e. The highest BCUT2D eigenvalue weighted by Crippen LogP contribution is 2.45. The third-order valence-corrected chi connectivity index (χ3v) is 5.72. The van der Waals surface area contributed by atoms with Gasteiger partial charge < -0.3 is 18.8 Å². The van der Waals surface area contributed by atoms with Crippen LogP contribution in [0.5, 0.6) is 5.88 Å².